The first-order valence-corrected chi connectivity index (χ1v) is 7.80. The van der Waals surface area contributed by atoms with E-state index in [1.54, 1.807) is 12.1 Å². The molecule has 1 aliphatic rings. The summed E-state index contributed by atoms with van der Waals surface area (Å²) >= 11 is 0. The van der Waals surface area contributed by atoms with Gasteiger partial charge in [0.05, 0.1) is 0 Å². The van der Waals surface area contributed by atoms with Gasteiger partial charge in [0.25, 0.3) is 0 Å². The van der Waals surface area contributed by atoms with E-state index in [1.165, 1.54) is 31.4 Å². The summed E-state index contributed by atoms with van der Waals surface area (Å²) in [6, 6.07) is 5.94. The maximum atomic E-state index is 13.1. The summed E-state index contributed by atoms with van der Waals surface area (Å²) in [5, 5.41) is 0. The highest BCUT2D eigenvalue weighted by Crippen LogP contribution is 2.23. The number of rotatable bonds is 3. The van der Waals surface area contributed by atoms with Crippen molar-refractivity contribution in [3.05, 3.63) is 35.6 Å². The van der Waals surface area contributed by atoms with Gasteiger partial charge < -0.3 is 4.90 Å². The van der Waals surface area contributed by atoms with Gasteiger partial charge in [0.15, 0.2) is 0 Å². The Kier molecular flexibility index (Phi) is 5.74. The maximum absolute atomic E-state index is 13.1. The van der Waals surface area contributed by atoms with E-state index in [0.717, 1.165) is 31.5 Å². The lowest BCUT2D eigenvalue weighted by molar-refractivity contribution is -0.136. The van der Waals surface area contributed by atoms with E-state index in [4.69, 9.17) is 0 Å². The SMILES string of the molecule is CN(C)C(C(=O)N1CCCCCCC1)c1ccc(F)cc1. The summed E-state index contributed by atoms with van der Waals surface area (Å²) in [5.41, 5.74) is 0.855. The van der Waals surface area contributed by atoms with Crippen molar-refractivity contribution in [2.75, 3.05) is 27.2 Å². The fraction of sp³-hybridized carbons (Fsp3) is 0.588. The summed E-state index contributed by atoms with van der Waals surface area (Å²) < 4.78 is 13.1. The van der Waals surface area contributed by atoms with Crippen molar-refractivity contribution in [3.63, 3.8) is 0 Å². The van der Waals surface area contributed by atoms with Crippen LogP contribution in [0.15, 0.2) is 24.3 Å². The minimum Gasteiger partial charge on any atom is -0.341 e. The lowest BCUT2D eigenvalue weighted by Gasteiger charge is -2.32. The largest absolute Gasteiger partial charge is 0.341 e. The maximum Gasteiger partial charge on any atom is 0.244 e. The molecule has 1 unspecified atom stereocenters. The number of likely N-dealkylation sites (N-methyl/N-ethyl adjacent to an activating group) is 1. The van der Waals surface area contributed by atoms with E-state index in [2.05, 4.69) is 0 Å². The number of hydrogen-bond acceptors (Lipinski definition) is 2. The van der Waals surface area contributed by atoms with Crippen LogP contribution in [0.4, 0.5) is 4.39 Å². The van der Waals surface area contributed by atoms with Crippen LogP contribution in [0.2, 0.25) is 0 Å². The molecule has 2 rings (SSSR count). The molecule has 0 N–H and O–H groups in total. The predicted octanol–water partition coefficient (Wildman–Crippen LogP) is 3.22. The molecule has 1 saturated heterocycles. The second kappa shape index (κ2) is 7.55. The molecule has 0 spiro atoms. The van der Waals surface area contributed by atoms with Crippen molar-refractivity contribution in [2.24, 2.45) is 0 Å². The highest BCUT2D eigenvalue weighted by atomic mass is 19.1. The number of benzene rings is 1. The molecule has 0 aromatic heterocycles. The molecule has 116 valence electrons. The zero-order valence-electron chi connectivity index (χ0n) is 13.0. The van der Waals surface area contributed by atoms with E-state index in [9.17, 15) is 9.18 Å². The molecule has 0 aliphatic carbocycles. The molecule has 1 aliphatic heterocycles. The van der Waals surface area contributed by atoms with Gasteiger partial charge >= 0.3 is 0 Å². The summed E-state index contributed by atoms with van der Waals surface area (Å²) in [5.74, 6) is -0.136. The molecule has 0 saturated carbocycles. The minimum atomic E-state index is -0.329. The number of nitrogens with zero attached hydrogens (tertiary/aromatic N) is 2. The van der Waals surface area contributed by atoms with Crippen molar-refractivity contribution in [3.8, 4) is 0 Å². The van der Waals surface area contributed by atoms with Gasteiger partial charge in [-0.05, 0) is 44.6 Å². The lowest BCUT2D eigenvalue weighted by atomic mass is 10.0. The summed E-state index contributed by atoms with van der Waals surface area (Å²) in [4.78, 5) is 16.8. The van der Waals surface area contributed by atoms with Crippen molar-refractivity contribution >= 4 is 5.91 Å². The van der Waals surface area contributed by atoms with Gasteiger partial charge in [0, 0.05) is 13.1 Å². The Balaban J connectivity index is 2.16. The monoisotopic (exact) mass is 292 g/mol. The topological polar surface area (TPSA) is 23.6 Å². The Morgan fingerprint density at radius 2 is 1.57 bits per heavy atom. The van der Waals surface area contributed by atoms with Crippen LogP contribution < -0.4 is 0 Å². The Hall–Kier alpha value is -1.42. The zero-order chi connectivity index (χ0) is 15.2. The van der Waals surface area contributed by atoms with Gasteiger partial charge in [-0.25, -0.2) is 4.39 Å². The standard InChI is InChI=1S/C17H25FN2O/c1-19(2)16(14-8-10-15(18)11-9-14)17(21)20-12-6-4-3-5-7-13-20/h8-11,16H,3-7,12-13H2,1-2H3. The molecule has 1 aromatic carbocycles. The molecule has 1 heterocycles. The second-order valence-corrected chi connectivity index (χ2v) is 6.01. The van der Waals surface area contributed by atoms with Gasteiger partial charge in [-0.3, -0.25) is 9.69 Å². The first-order chi connectivity index (χ1) is 10.1. The van der Waals surface area contributed by atoms with Gasteiger partial charge in [-0.15, -0.1) is 0 Å². The van der Waals surface area contributed by atoms with Gasteiger partial charge in [0.2, 0.25) is 5.91 Å². The Morgan fingerprint density at radius 1 is 1.05 bits per heavy atom. The third-order valence-corrected chi connectivity index (χ3v) is 4.10. The number of likely N-dealkylation sites (tertiary alicyclic amines) is 1. The highest BCUT2D eigenvalue weighted by molar-refractivity contribution is 5.83. The quantitative estimate of drug-likeness (QED) is 0.854. The Morgan fingerprint density at radius 3 is 2.10 bits per heavy atom. The number of amides is 1. The van der Waals surface area contributed by atoms with Crippen molar-refractivity contribution in [2.45, 2.75) is 38.1 Å². The molecule has 1 amide bonds. The van der Waals surface area contributed by atoms with E-state index < -0.39 is 0 Å². The summed E-state index contributed by atoms with van der Waals surface area (Å²) in [7, 11) is 3.80. The molecule has 1 atom stereocenters. The van der Waals surface area contributed by atoms with Crippen LogP contribution in [0.25, 0.3) is 0 Å². The zero-order valence-corrected chi connectivity index (χ0v) is 13.0. The van der Waals surface area contributed by atoms with Crippen LogP contribution in [0, 0.1) is 5.82 Å². The molecule has 1 fully saturated rings. The van der Waals surface area contributed by atoms with Crippen LogP contribution in [-0.4, -0.2) is 42.9 Å². The molecule has 21 heavy (non-hydrogen) atoms. The third-order valence-electron chi connectivity index (χ3n) is 4.10. The van der Waals surface area contributed by atoms with Gasteiger partial charge in [-0.2, -0.15) is 0 Å². The number of carbonyl (C=O) groups is 1. The minimum absolute atomic E-state index is 0.133. The van der Waals surface area contributed by atoms with E-state index >= 15 is 0 Å². The van der Waals surface area contributed by atoms with E-state index in [-0.39, 0.29) is 17.8 Å². The third kappa shape index (κ3) is 4.27. The molecule has 1 aromatic rings. The predicted molar refractivity (Wildman–Crippen MR) is 82.5 cm³/mol. The lowest BCUT2D eigenvalue weighted by Crippen LogP contribution is -2.42. The Labute approximate surface area is 126 Å². The molecule has 3 nitrogen and oxygen atoms in total. The first kappa shape index (κ1) is 16.0. The van der Waals surface area contributed by atoms with Crippen molar-refractivity contribution in [1.82, 2.24) is 9.80 Å². The molecular weight excluding hydrogens is 267 g/mol. The molecule has 4 heteroatoms. The fourth-order valence-electron chi connectivity index (χ4n) is 2.95. The van der Waals surface area contributed by atoms with Crippen LogP contribution in [0.5, 0.6) is 0 Å². The van der Waals surface area contributed by atoms with Crippen LogP contribution >= 0.6 is 0 Å². The van der Waals surface area contributed by atoms with Crippen LogP contribution in [0.3, 0.4) is 0 Å². The number of carbonyl (C=O) groups excluding carboxylic acids is 1. The molecule has 0 bridgehead atoms. The van der Waals surface area contributed by atoms with Crippen molar-refractivity contribution < 1.29 is 9.18 Å². The average Bonchev–Trinajstić information content (AvgIpc) is 2.40. The number of halogens is 1. The molecule has 0 radical (unpaired) electrons. The second-order valence-electron chi connectivity index (χ2n) is 6.01. The first-order valence-electron chi connectivity index (χ1n) is 7.80. The number of hydrogen-bond donors (Lipinski definition) is 0. The van der Waals surface area contributed by atoms with Gasteiger partial charge in [0.1, 0.15) is 11.9 Å². The average molecular weight is 292 g/mol. The Bertz CT molecular complexity index is 450. The summed E-state index contributed by atoms with van der Waals surface area (Å²) in [6.45, 7) is 1.68. The highest BCUT2D eigenvalue weighted by Gasteiger charge is 2.27. The normalized spacial score (nSPS) is 18.2. The van der Waals surface area contributed by atoms with Crippen molar-refractivity contribution in [1.29, 1.82) is 0 Å². The van der Waals surface area contributed by atoms with Gasteiger partial charge in [-0.1, -0.05) is 31.4 Å². The molecular formula is C17H25FN2O. The van der Waals surface area contributed by atoms with E-state index in [0.29, 0.717) is 0 Å². The van der Waals surface area contributed by atoms with Crippen LogP contribution in [-0.2, 0) is 4.79 Å². The fourth-order valence-corrected chi connectivity index (χ4v) is 2.95. The van der Waals surface area contributed by atoms with Crippen LogP contribution in [0.1, 0.15) is 43.7 Å². The smallest absolute Gasteiger partial charge is 0.244 e. The van der Waals surface area contributed by atoms with E-state index in [1.807, 2.05) is 23.9 Å². The summed E-state index contributed by atoms with van der Waals surface area (Å²) in [6.07, 6.45) is 5.83.